The van der Waals surface area contributed by atoms with Gasteiger partial charge < -0.3 is 9.63 Å². The zero-order valence-corrected chi connectivity index (χ0v) is 8.46. The van der Waals surface area contributed by atoms with Gasteiger partial charge in [0, 0.05) is 13.1 Å². The maximum Gasteiger partial charge on any atom is 0.308 e. The van der Waals surface area contributed by atoms with Crippen molar-refractivity contribution in [1.82, 2.24) is 15.0 Å². The first-order chi connectivity index (χ1) is 7.16. The number of hydrogen-bond acceptors (Lipinski definition) is 5. The van der Waals surface area contributed by atoms with E-state index in [0.717, 1.165) is 6.54 Å². The number of aliphatic carboxylic acids is 1. The van der Waals surface area contributed by atoms with Gasteiger partial charge in [-0.15, -0.1) is 0 Å². The molecule has 2 heterocycles. The highest BCUT2D eigenvalue weighted by Gasteiger charge is 2.34. The first-order valence-electron chi connectivity index (χ1n) is 4.87. The zero-order chi connectivity index (χ0) is 10.8. The quantitative estimate of drug-likeness (QED) is 0.770. The third-order valence-electron chi connectivity index (χ3n) is 2.78. The van der Waals surface area contributed by atoms with Gasteiger partial charge >= 0.3 is 5.97 Å². The number of carboxylic acid groups (broad SMARTS) is 1. The van der Waals surface area contributed by atoms with Crippen LogP contribution in [0, 0.1) is 11.8 Å². The molecule has 2 unspecified atom stereocenters. The number of carboxylic acids is 1. The second-order valence-electron chi connectivity index (χ2n) is 3.96. The molecule has 0 aromatic carbocycles. The van der Waals surface area contributed by atoms with Gasteiger partial charge in [0.2, 0.25) is 6.39 Å². The van der Waals surface area contributed by atoms with Crippen LogP contribution in [0.4, 0.5) is 0 Å². The SMILES string of the molecule is CC1CN(Cc2ncon2)CC1C(=O)O. The van der Waals surface area contributed by atoms with Crippen LogP contribution in [0.2, 0.25) is 0 Å². The average Bonchev–Trinajstić information content (AvgIpc) is 2.75. The van der Waals surface area contributed by atoms with Crippen LogP contribution in [0.5, 0.6) is 0 Å². The van der Waals surface area contributed by atoms with Crippen molar-refractivity contribution in [2.24, 2.45) is 11.8 Å². The van der Waals surface area contributed by atoms with Gasteiger partial charge in [-0.05, 0) is 5.92 Å². The monoisotopic (exact) mass is 211 g/mol. The van der Waals surface area contributed by atoms with E-state index >= 15 is 0 Å². The van der Waals surface area contributed by atoms with Gasteiger partial charge in [-0.1, -0.05) is 12.1 Å². The third-order valence-corrected chi connectivity index (χ3v) is 2.78. The molecule has 6 nitrogen and oxygen atoms in total. The first kappa shape index (κ1) is 10.1. The molecule has 0 radical (unpaired) electrons. The fourth-order valence-electron chi connectivity index (χ4n) is 1.98. The highest BCUT2D eigenvalue weighted by atomic mass is 16.5. The predicted molar refractivity (Wildman–Crippen MR) is 49.9 cm³/mol. The van der Waals surface area contributed by atoms with Crippen LogP contribution in [-0.4, -0.2) is 39.2 Å². The van der Waals surface area contributed by atoms with Gasteiger partial charge in [0.1, 0.15) is 0 Å². The van der Waals surface area contributed by atoms with E-state index in [0.29, 0.717) is 18.9 Å². The molecule has 0 amide bonds. The Labute approximate surface area is 86.9 Å². The summed E-state index contributed by atoms with van der Waals surface area (Å²) in [6, 6.07) is 0. The number of likely N-dealkylation sites (tertiary alicyclic amines) is 1. The van der Waals surface area contributed by atoms with Crippen LogP contribution in [-0.2, 0) is 11.3 Å². The van der Waals surface area contributed by atoms with E-state index in [4.69, 9.17) is 5.11 Å². The maximum atomic E-state index is 10.9. The van der Waals surface area contributed by atoms with Gasteiger partial charge in [-0.2, -0.15) is 4.98 Å². The van der Waals surface area contributed by atoms with Crippen molar-refractivity contribution in [2.45, 2.75) is 13.5 Å². The minimum Gasteiger partial charge on any atom is -0.481 e. The summed E-state index contributed by atoms with van der Waals surface area (Å²) in [5, 5.41) is 12.7. The third kappa shape index (κ3) is 2.15. The van der Waals surface area contributed by atoms with Crippen molar-refractivity contribution in [3.63, 3.8) is 0 Å². The Kier molecular flexibility index (Phi) is 2.68. The van der Waals surface area contributed by atoms with Gasteiger partial charge in [-0.25, -0.2) is 0 Å². The fraction of sp³-hybridized carbons (Fsp3) is 0.667. The molecule has 1 saturated heterocycles. The molecule has 0 spiro atoms. The lowest BCUT2D eigenvalue weighted by Gasteiger charge is -2.11. The second kappa shape index (κ2) is 3.98. The molecule has 6 heteroatoms. The summed E-state index contributed by atoms with van der Waals surface area (Å²) in [6.45, 7) is 3.84. The normalized spacial score (nSPS) is 27.0. The Bertz CT molecular complexity index is 338. The molecule has 15 heavy (non-hydrogen) atoms. The largest absolute Gasteiger partial charge is 0.481 e. The number of carbonyl (C=O) groups is 1. The molecule has 1 aliphatic rings. The standard InChI is InChI=1S/C9H13N3O3/c1-6-2-12(3-7(6)9(13)14)4-8-10-5-15-11-8/h5-7H,2-4H2,1H3,(H,13,14). The summed E-state index contributed by atoms with van der Waals surface area (Å²) in [5.74, 6) is -0.224. The molecule has 2 rings (SSSR count). The molecular weight excluding hydrogens is 198 g/mol. The fourth-order valence-corrected chi connectivity index (χ4v) is 1.98. The van der Waals surface area contributed by atoms with Crippen LogP contribution in [0.25, 0.3) is 0 Å². The molecule has 82 valence electrons. The van der Waals surface area contributed by atoms with E-state index in [-0.39, 0.29) is 11.8 Å². The zero-order valence-electron chi connectivity index (χ0n) is 8.46. The minimum atomic E-state index is -0.724. The highest BCUT2D eigenvalue weighted by Crippen LogP contribution is 2.23. The molecule has 1 aromatic heterocycles. The van der Waals surface area contributed by atoms with E-state index in [1.165, 1.54) is 6.39 Å². The van der Waals surface area contributed by atoms with Crippen LogP contribution >= 0.6 is 0 Å². The van der Waals surface area contributed by atoms with Crippen molar-refractivity contribution in [2.75, 3.05) is 13.1 Å². The Morgan fingerprint density at radius 2 is 2.53 bits per heavy atom. The van der Waals surface area contributed by atoms with Crippen molar-refractivity contribution >= 4 is 5.97 Å². The van der Waals surface area contributed by atoms with Gasteiger partial charge in [0.25, 0.3) is 0 Å². The summed E-state index contributed by atoms with van der Waals surface area (Å²) in [7, 11) is 0. The summed E-state index contributed by atoms with van der Waals surface area (Å²) >= 11 is 0. The van der Waals surface area contributed by atoms with Crippen molar-refractivity contribution in [3.05, 3.63) is 12.2 Å². The van der Waals surface area contributed by atoms with Crippen LogP contribution < -0.4 is 0 Å². The minimum absolute atomic E-state index is 0.175. The second-order valence-corrected chi connectivity index (χ2v) is 3.96. The number of rotatable bonds is 3. The number of aromatic nitrogens is 2. The van der Waals surface area contributed by atoms with E-state index in [2.05, 4.69) is 14.7 Å². The van der Waals surface area contributed by atoms with Gasteiger partial charge in [0.05, 0.1) is 12.5 Å². The summed E-state index contributed by atoms with van der Waals surface area (Å²) in [4.78, 5) is 16.8. The molecular formula is C9H13N3O3. The molecule has 0 bridgehead atoms. The lowest BCUT2D eigenvalue weighted by atomic mass is 9.99. The first-order valence-corrected chi connectivity index (χ1v) is 4.87. The molecule has 0 aliphatic carbocycles. The lowest BCUT2D eigenvalue weighted by Crippen LogP contribution is -2.23. The highest BCUT2D eigenvalue weighted by molar-refractivity contribution is 5.71. The van der Waals surface area contributed by atoms with Gasteiger partial charge in [-0.3, -0.25) is 9.69 Å². The van der Waals surface area contributed by atoms with Crippen molar-refractivity contribution < 1.29 is 14.4 Å². The number of hydrogen-bond donors (Lipinski definition) is 1. The summed E-state index contributed by atoms with van der Waals surface area (Å²) in [5.41, 5.74) is 0. The Morgan fingerprint density at radius 1 is 1.73 bits per heavy atom. The Hall–Kier alpha value is -1.43. The number of nitrogens with zero attached hydrogens (tertiary/aromatic N) is 3. The van der Waals surface area contributed by atoms with E-state index < -0.39 is 5.97 Å². The van der Waals surface area contributed by atoms with E-state index in [9.17, 15) is 4.79 Å². The van der Waals surface area contributed by atoms with Crippen LogP contribution in [0.1, 0.15) is 12.7 Å². The average molecular weight is 211 g/mol. The smallest absolute Gasteiger partial charge is 0.308 e. The van der Waals surface area contributed by atoms with E-state index in [1.807, 2.05) is 11.8 Å². The van der Waals surface area contributed by atoms with E-state index in [1.54, 1.807) is 0 Å². The van der Waals surface area contributed by atoms with Crippen LogP contribution in [0.3, 0.4) is 0 Å². The van der Waals surface area contributed by atoms with Crippen molar-refractivity contribution in [1.29, 1.82) is 0 Å². The molecule has 1 N–H and O–H groups in total. The Balaban J connectivity index is 1.94. The molecule has 1 aliphatic heterocycles. The summed E-state index contributed by atoms with van der Waals surface area (Å²) < 4.78 is 4.62. The molecule has 1 aromatic rings. The predicted octanol–water partition coefficient (Wildman–Crippen LogP) is 0.222. The molecule has 0 saturated carbocycles. The topological polar surface area (TPSA) is 79.5 Å². The van der Waals surface area contributed by atoms with Gasteiger partial charge in [0.15, 0.2) is 5.82 Å². The maximum absolute atomic E-state index is 10.9. The Morgan fingerprint density at radius 3 is 3.07 bits per heavy atom. The summed E-state index contributed by atoms with van der Waals surface area (Å²) in [6.07, 6.45) is 1.28. The molecule has 2 atom stereocenters. The molecule has 1 fully saturated rings. The van der Waals surface area contributed by atoms with Crippen LogP contribution in [0.15, 0.2) is 10.9 Å². The lowest BCUT2D eigenvalue weighted by molar-refractivity contribution is -0.142. The van der Waals surface area contributed by atoms with Crippen molar-refractivity contribution in [3.8, 4) is 0 Å².